The van der Waals surface area contributed by atoms with Crippen LogP contribution in [0.3, 0.4) is 0 Å². The number of ether oxygens (including phenoxy) is 1. The lowest BCUT2D eigenvalue weighted by molar-refractivity contribution is 0.340. The molecule has 0 aliphatic carbocycles. The number of benzene rings is 1. The Morgan fingerprint density at radius 2 is 2.17 bits per heavy atom. The van der Waals surface area contributed by atoms with Gasteiger partial charge in [0.25, 0.3) is 0 Å². The van der Waals surface area contributed by atoms with E-state index >= 15 is 0 Å². The first-order valence-electron chi connectivity index (χ1n) is 6.65. The van der Waals surface area contributed by atoms with Crippen LogP contribution in [0.15, 0.2) is 24.3 Å². The molecule has 1 heterocycles. The number of nitrogens with one attached hydrogen (secondary N) is 1. The van der Waals surface area contributed by atoms with Crippen LogP contribution in [0.25, 0.3) is 0 Å². The van der Waals surface area contributed by atoms with E-state index in [-0.39, 0.29) is 6.04 Å². The van der Waals surface area contributed by atoms with E-state index in [1.165, 1.54) is 30.6 Å². The van der Waals surface area contributed by atoms with Gasteiger partial charge in [0, 0.05) is 5.25 Å². The van der Waals surface area contributed by atoms with Crippen molar-refractivity contribution in [3.05, 3.63) is 29.8 Å². The molecule has 18 heavy (non-hydrogen) atoms. The maximum Gasteiger partial charge on any atom is 0.119 e. The Labute approximate surface area is 113 Å². The summed E-state index contributed by atoms with van der Waals surface area (Å²) in [6.45, 7) is 2.70. The van der Waals surface area contributed by atoms with Gasteiger partial charge < -0.3 is 4.74 Å². The standard InChI is InChI=1S/C14H22N2OS/c1-2-17-12-8-6-11(7-9-12)14(16-15)13-5-3-4-10-18-13/h6-9,13-14,16H,2-5,10,15H2,1H3. The zero-order chi connectivity index (χ0) is 12.8. The van der Waals surface area contributed by atoms with Crippen LogP contribution in [0.2, 0.25) is 0 Å². The smallest absolute Gasteiger partial charge is 0.119 e. The van der Waals surface area contributed by atoms with Crippen LogP contribution in [0, 0.1) is 0 Å². The zero-order valence-corrected chi connectivity index (χ0v) is 11.7. The highest BCUT2D eigenvalue weighted by atomic mass is 32.2. The molecule has 2 rings (SSSR count). The first-order valence-corrected chi connectivity index (χ1v) is 7.70. The third-order valence-corrected chi connectivity index (χ3v) is 4.78. The summed E-state index contributed by atoms with van der Waals surface area (Å²) >= 11 is 2.03. The van der Waals surface area contributed by atoms with Gasteiger partial charge in [-0.2, -0.15) is 11.8 Å². The van der Waals surface area contributed by atoms with E-state index < -0.39 is 0 Å². The van der Waals surface area contributed by atoms with Crippen molar-refractivity contribution in [2.24, 2.45) is 5.84 Å². The van der Waals surface area contributed by atoms with Crippen molar-refractivity contribution in [1.82, 2.24) is 5.43 Å². The van der Waals surface area contributed by atoms with Crippen molar-refractivity contribution in [2.75, 3.05) is 12.4 Å². The molecule has 1 aliphatic rings. The Hall–Kier alpha value is -0.710. The summed E-state index contributed by atoms with van der Waals surface area (Å²) in [5.74, 6) is 7.91. The number of hydrogen-bond donors (Lipinski definition) is 2. The van der Waals surface area contributed by atoms with E-state index in [9.17, 15) is 0 Å². The van der Waals surface area contributed by atoms with Gasteiger partial charge in [-0.15, -0.1) is 0 Å². The predicted octanol–water partition coefficient (Wildman–Crippen LogP) is 2.88. The second-order valence-electron chi connectivity index (χ2n) is 4.55. The van der Waals surface area contributed by atoms with Crippen molar-refractivity contribution >= 4 is 11.8 Å². The molecule has 1 saturated heterocycles. The molecular formula is C14H22N2OS. The van der Waals surface area contributed by atoms with Crippen LogP contribution in [0.4, 0.5) is 0 Å². The molecule has 2 unspecified atom stereocenters. The van der Waals surface area contributed by atoms with Crippen molar-refractivity contribution < 1.29 is 4.74 Å². The summed E-state index contributed by atoms with van der Waals surface area (Å²) in [5.41, 5.74) is 4.23. The summed E-state index contributed by atoms with van der Waals surface area (Å²) in [6.07, 6.45) is 3.89. The molecule has 2 atom stereocenters. The first-order chi connectivity index (χ1) is 8.85. The summed E-state index contributed by atoms with van der Waals surface area (Å²) in [7, 11) is 0. The molecular weight excluding hydrogens is 244 g/mol. The molecule has 0 aromatic heterocycles. The van der Waals surface area contributed by atoms with Gasteiger partial charge in [0.2, 0.25) is 0 Å². The normalized spacial score (nSPS) is 21.6. The van der Waals surface area contributed by atoms with Crippen LogP contribution >= 0.6 is 11.8 Å². The van der Waals surface area contributed by atoms with Crippen molar-refractivity contribution in [1.29, 1.82) is 0 Å². The number of nitrogens with two attached hydrogens (primary N) is 1. The average Bonchev–Trinajstić information content (AvgIpc) is 2.43. The maximum atomic E-state index is 5.74. The Kier molecular flexibility index (Phi) is 5.35. The van der Waals surface area contributed by atoms with E-state index in [1.807, 2.05) is 30.8 Å². The highest BCUT2D eigenvalue weighted by Gasteiger charge is 2.24. The minimum atomic E-state index is 0.242. The van der Waals surface area contributed by atoms with E-state index in [1.54, 1.807) is 0 Å². The van der Waals surface area contributed by atoms with Crippen molar-refractivity contribution in [3.63, 3.8) is 0 Å². The fourth-order valence-corrected chi connectivity index (χ4v) is 3.82. The SMILES string of the molecule is CCOc1ccc(C(NN)C2CCCCS2)cc1. The van der Waals surface area contributed by atoms with Crippen LogP contribution in [0.1, 0.15) is 37.8 Å². The molecule has 3 nitrogen and oxygen atoms in total. The van der Waals surface area contributed by atoms with Crippen molar-refractivity contribution in [3.8, 4) is 5.75 Å². The molecule has 1 aromatic rings. The molecule has 0 saturated carbocycles. The predicted molar refractivity (Wildman–Crippen MR) is 77.8 cm³/mol. The fraction of sp³-hybridized carbons (Fsp3) is 0.571. The Morgan fingerprint density at radius 3 is 2.72 bits per heavy atom. The van der Waals surface area contributed by atoms with Crippen LogP contribution in [-0.2, 0) is 0 Å². The molecule has 3 N–H and O–H groups in total. The first kappa shape index (κ1) is 13.7. The lowest BCUT2D eigenvalue weighted by Crippen LogP contribution is -2.36. The monoisotopic (exact) mass is 266 g/mol. The number of hydrogen-bond acceptors (Lipinski definition) is 4. The average molecular weight is 266 g/mol. The molecule has 0 bridgehead atoms. The molecule has 1 aromatic carbocycles. The number of hydrazine groups is 1. The van der Waals surface area contributed by atoms with Crippen LogP contribution < -0.4 is 16.0 Å². The van der Waals surface area contributed by atoms with Gasteiger partial charge in [0.15, 0.2) is 0 Å². The topological polar surface area (TPSA) is 47.3 Å². The van der Waals surface area contributed by atoms with E-state index in [0.29, 0.717) is 11.9 Å². The largest absolute Gasteiger partial charge is 0.494 e. The highest BCUT2D eigenvalue weighted by Crippen LogP contribution is 2.34. The molecule has 100 valence electrons. The van der Waals surface area contributed by atoms with E-state index in [4.69, 9.17) is 10.6 Å². The van der Waals surface area contributed by atoms with Gasteiger partial charge in [-0.1, -0.05) is 18.6 Å². The van der Waals surface area contributed by atoms with Gasteiger partial charge in [-0.3, -0.25) is 11.3 Å². The lowest BCUT2D eigenvalue weighted by Gasteiger charge is -2.29. The number of thioether (sulfide) groups is 1. The zero-order valence-electron chi connectivity index (χ0n) is 10.9. The van der Waals surface area contributed by atoms with Gasteiger partial charge in [-0.25, -0.2) is 0 Å². The third kappa shape index (κ3) is 3.40. The fourth-order valence-electron chi connectivity index (χ4n) is 2.38. The Balaban J connectivity index is 2.06. The van der Waals surface area contributed by atoms with Gasteiger partial charge in [0.1, 0.15) is 5.75 Å². The second kappa shape index (κ2) is 7.02. The summed E-state index contributed by atoms with van der Waals surface area (Å²) in [5, 5.41) is 0.585. The molecule has 1 fully saturated rings. The molecule has 0 spiro atoms. The van der Waals surface area contributed by atoms with Gasteiger partial charge >= 0.3 is 0 Å². The van der Waals surface area contributed by atoms with E-state index in [0.717, 1.165) is 5.75 Å². The minimum Gasteiger partial charge on any atom is -0.494 e. The lowest BCUT2D eigenvalue weighted by atomic mass is 10.00. The molecule has 4 heteroatoms. The molecule has 0 amide bonds. The van der Waals surface area contributed by atoms with Gasteiger partial charge in [-0.05, 0) is 43.2 Å². The quantitative estimate of drug-likeness (QED) is 0.635. The van der Waals surface area contributed by atoms with Crippen LogP contribution in [-0.4, -0.2) is 17.6 Å². The third-order valence-electron chi connectivity index (χ3n) is 3.32. The van der Waals surface area contributed by atoms with E-state index in [2.05, 4.69) is 17.6 Å². The van der Waals surface area contributed by atoms with Gasteiger partial charge in [0.05, 0.1) is 12.6 Å². The van der Waals surface area contributed by atoms with Crippen molar-refractivity contribution in [2.45, 2.75) is 37.5 Å². The van der Waals surface area contributed by atoms with Crippen LogP contribution in [0.5, 0.6) is 5.75 Å². The highest BCUT2D eigenvalue weighted by molar-refractivity contribution is 8.00. The molecule has 0 radical (unpaired) electrons. The molecule has 1 aliphatic heterocycles. The summed E-state index contributed by atoms with van der Waals surface area (Å²) < 4.78 is 5.46. The second-order valence-corrected chi connectivity index (χ2v) is 5.90. The number of rotatable bonds is 5. The minimum absolute atomic E-state index is 0.242. The summed E-state index contributed by atoms with van der Waals surface area (Å²) in [4.78, 5) is 0. The Bertz CT molecular complexity index is 349. The Morgan fingerprint density at radius 1 is 1.39 bits per heavy atom. The maximum absolute atomic E-state index is 5.74. The summed E-state index contributed by atoms with van der Waals surface area (Å²) in [6, 6.07) is 8.52.